The summed E-state index contributed by atoms with van der Waals surface area (Å²) in [5, 5.41) is 2.85. The van der Waals surface area contributed by atoms with E-state index >= 15 is 0 Å². The topological polar surface area (TPSA) is 56.8 Å². The van der Waals surface area contributed by atoms with Crippen LogP contribution in [0.15, 0.2) is 48.5 Å². The summed E-state index contributed by atoms with van der Waals surface area (Å²) in [6.45, 7) is 2.98. The number of ether oxygens (including phenoxy) is 3. The molecule has 0 fully saturated rings. The summed E-state index contributed by atoms with van der Waals surface area (Å²) in [5.41, 5.74) is 1.53. The van der Waals surface area contributed by atoms with E-state index in [-0.39, 0.29) is 12.7 Å². The lowest BCUT2D eigenvalue weighted by molar-refractivity contribution is -0.111. The van der Waals surface area contributed by atoms with E-state index in [9.17, 15) is 4.79 Å². The van der Waals surface area contributed by atoms with Gasteiger partial charge >= 0.3 is 0 Å². The fourth-order valence-electron chi connectivity index (χ4n) is 2.39. The van der Waals surface area contributed by atoms with Gasteiger partial charge in [-0.15, -0.1) is 0 Å². The van der Waals surface area contributed by atoms with E-state index in [1.165, 1.54) is 6.08 Å². The van der Waals surface area contributed by atoms with Gasteiger partial charge in [0.15, 0.2) is 11.5 Å². The molecule has 0 radical (unpaired) electrons. The first-order valence-corrected chi connectivity index (χ1v) is 8.37. The Kier molecular flexibility index (Phi) is 5.57. The van der Waals surface area contributed by atoms with E-state index in [2.05, 4.69) is 12.2 Å². The minimum Gasteiger partial charge on any atom is -0.491 e. The fraction of sp³-hybridized carbons (Fsp3) is 0.250. The number of hydrogen-bond acceptors (Lipinski definition) is 4. The monoisotopic (exact) mass is 339 g/mol. The van der Waals surface area contributed by atoms with Crippen LogP contribution >= 0.6 is 0 Å². The van der Waals surface area contributed by atoms with Crippen LogP contribution in [-0.2, 0) is 4.79 Å². The normalized spacial score (nSPS) is 12.4. The maximum absolute atomic E-state index is 12.2. The lowest BCUT2D eigenvalue weighted by atomic mass is 10.2. The average Bonchev–Trinajstić information content (AvgIpc) is 3.09. The van der Waals surface area contributed by atoms with Gasteiger partial charge in [-0.25, -0.2) is 0 Å². The van der Waals surface area contributed by atoms with Crippen molar-refractivity contribution >= 4 is 17.7 Å². The summed E-state index contributed by atoms with van der Waals surface area (Å²) in [4.78, 5) is 12.2. The van der Waals surface area contributed by atoms with E-state index in [1.54, 1.807) is 6.08 Å². The van der Waals surface area contributed by atoms with Gasteiger partial charge in [0.05, 0.1) is 12.3 Å². The Labute approximate surface area is 147 Å². The molecule has 0 aromatic heterocycles. The third-order valence-corrected chi connectivity index (χ3v) is 3.72. The number of para-hydroxylation sites is 2. The van der Waals surface area contributed by atoms with Crippen molar-refractivity contribution in [3.05, 3.63) is 54.1 Å². The van der Waals surface area contributed by atoms with E-state index < -0.39 is 0 Å². The number of fused-ring (bicyclic) bond motifs is 1. The fourth-order valence-corrected chi connectivity index (χ4v) is 2.39. The first-order chi connectivity index (χ1) is 12.3. The third kappa shape index (κ3) is 4.53. The second-order valence-corrected chi connectivity index (χ2v) is 5.63. The first-order valence-electron chi connectivity index (χ1n) is 8.37. The molecule has 5 nitrogen and oxygen atoms in total. The number of carbonyl (C=O) groups is 1. The molecule has 3 rings (SSSR count). The molecule has 0 saturated heterocycles. The Bertz CT molecular complexity index is 770. The quantitative estimate of drug-likeness (QED) is 0.605. The third-order valence-electron chi connectivity index (χ3n) is 3.72. The van der Waals surface area contributed by atoms with Crippen LogP contribution in [0.5, 0.6) is 17.2 Å². The van der Waals surface area contributed by atoms with Gasteiger partial charge in [0.2, 0.25) is 12.7 Å². The number of unbranched alkanes of at least 4 members (excludes halogenated alkanes) is 1. The van der Waals surface area contributed by atoms with E-state index in [0.717, 1.165) is 24.2 Å². The molecule has 0 bridgehead atoms. The van der Waals surface area contributed by atoms with Crippen molar-refractivity contribution < 1.29 is 19.0 Å². The molecule has 2 aromatic carbocycles. The molecular weight excluding hydrogens is 318 g/mol. The summed E-state index contributed by atoms with van der Waals surface area (Å²) < 4.78 is 16.3. The van der Waals surface area contributed by atoms with Crippen LogP contribution in [0.2, 0.25) is 0 Å². The SMILES string of the molecule is CCCCOc1ccccc1NC(=O)/C=C/c1ccc2c(c1)OCO2. The smallest absolute Gasteiger partial charge is 0.248 e. The van der Waals surface area contributed by atoms with Crippen LogP contribution in [0, 0.1) is 0 Å². The number of amides is 1. The van der Waals surface area contributed by atoms with E-state index in [0.29, 0.717) is 23.8 Å². The molecule has 1 aliphatic rings. The number of nitrogens with one attached hydrogen (secondary N) is 1. The maximum Gasteiger partial charge on any atom is 0.248 e. The zero-order valence-corrected chi connectivity index (χ0v) is 14.2. The molecule has 2 aromatic rings. The molecule has 5 heteroatoms. The summed E-state index contributed by atoms with van der Waals surface area (Å²) in [6, 6.07) is 13.0. The second-order valence-electron chi connectivity index (χ2n) is 5.63. The van der Waals surface area contributed by atoms with Crippen molar-refractivity contribution in [3.63, 3.8) is 0 Å². The molecule has 1 aliphatic heterocycles. The van der Waals surface area contributed by atoms with Gasteiger partial charge in [-0.05, 0) is 42.3 Å². The Hall–Kier alpha value is -2.95. The van der Waals surface area contributed by atoms with Gasteiger partial charge in [-0.2, -0.15) is 0 Å². The van der Waals surface area contributed by atoms with E-state index in [1.807, 2.05) is 42.5 Å². The number of hydrogen-bond donors (Lipinski definition) is 1. The standard InChI is InChI=1S/C20H21NO4/c1-2-3-12-23-17-7-5-4-6-16(17)21-20(22)11-9-15-8-10-18-19(13-15)25-14-24-18/h4-11,13H,2-3,12,14H2,1H3,(H,21,22)/b11-9+. The molecule has 0 unspecified atom stereocenters. The Morgan fingerprint density at radius 2 is 2.04 bits per heavy atom. The minimum atomic E-state index is -0.218. The second kappa shape index (κ2) is 8.24. The molecule has 25 heavy (non-hydrogen) atoms. The highest BCUT2D eigenvalue weighted by Crippen LogP contribution is 2.32. The van der Waals surface area contributed by atoms with Crippen LogP contribution in [0.25, 0.3) is 6.08 Å². The number of rotatable bonds is 7. The Morgan fingerprint density at radius 3 is 2.92 bits per heavy atom. The van der Waals surface area contributed by atoms with Gasteiger partial charge in [-0.3, -0.25) is 4.79 Å². The van der Waals surface area contributed by atoms with Crippen LogP contribution < -0.4 is 19.5 Å². The summed E-state index contributed by atoms with van der Waals surface area (Å²) >= 11 is 0. The van der Waals surface area contributed by atoms with Crippen LogP contribution in [0.4, 0.5) is 5.69 Å². The summed E-state index contributed by atoms with van der Waals surface area (Å²) in [5.74, 6) is 1.88. The number of anilines is 1. The minimum absolute atomic E-state index is 0.218. The van der Waals surface area contributed by atoms with Crippen molar-refractivity contribution in [1.29, 1.82) is 0 Å². The highest BCUT2D eigenvalue weighted by atomic mass is 16.7. The molecule has 1 heterocycles. The van der Waals surface area contributed by atoms with Crippen LogP contribution in [0.3, 0.4) is 0 Å². The number of benzene rings is 2. The molecule has 1 amide bonds. The van der Waals surface area contributed by atoms with Crippen molar-refractivity contribution in [2.75, 3.05) is 18.7 Å². The van der Waals surface area contributed by atoms with Crippen LogP contribution in [-0.4, -0.2) is 19.3 Å². The first kappa shape index (κ1) is 16.9. The largest absolute Gasteiger partial charge is 0.491 e. The van der Waals surface area contributed by atoms with E-state index in [4.69, 9.17) is 14.2 Å². The van der Waals surface area contributed by atoms with Gasteiger partial charge in [-0.1, -0.05) is 31.5 Å². The van der Waals surface area contributed by atoms with Crippen molar-refractivity contribution in [1.82, 2.24) is 0 Å². The lowest BCUT2D eigenvalue weighted by Crippen LogP contribution is -2.09. The molecule has 0 atom stereocenters. The summed E-state index contributed by atoms with van der Waals surface area (Å²) in [6.07, 6.45) is 5.26. The zero-order valence-electron chi connectivity index (χ0n) is 14.2. The lowest BCUT2D eigenvalue weighted by Gasteiger charge is -2.11. The highest BCUT2D eigenvalue weighted by molar-refractivity contribution is 6.02. The Balaban J connectivity index is 1.62. The molecular formula is C20H21NO4. The predicted octanol–water partition coefficient (Wildman–Crippen LogP) is 4.25. The van der Waals surface area contributed by atoms with Crippen molar-refractivity contribution in [2.24, 2.45) is 0 Å². The number of carbonyl (C=O) groups excluding carboxylic acids is 1. The molecule has 1 N–H and O–H groups in total. The molecule has 0 aliphatic carbocycles. The average molecular weight is 339 g/mol. The van der Waals surface area contributed by atoms with Gasteiger partial charge in [0.1, 0.15) is 5.75 Å². The molecule has 130 valence electrons. The highest BCUT2D eigenvalue weighted by Gasteiger charge is 2.12. The van der Waals surface area contributed by atoms with Gasteiger partial charge in [0, 0.05) is 6.08 Å². The Morgan fingerprint density at radius 1 is 1.20 bits per heavy atom. The van der Waals surface area contributed by atoms with Gasteiger partial charge in [0.25, 0.3) is 0 Å². The van der Waals surface area contributed by atoms with Crippen molar-refractivity contribution in [2.45, 2.75) is 19.8 Å². The van der Waals surface area contributed by atoms with Crippen LogP contribution in [0.1, 0.15) is 25.3 Å². The summed E-state index contributed by atoms with van der Waals surface area (Å²) in [7, 11) is 0. The molecule has 0 spiro atoms. The van der Waals surface area contributed by atoms with Crippen molar-refractivity contribution in [3.8, 4) is 17.2 Å². The molecule has 0 saturated carbocycles. The van der Waals surface area contributed by atoms with Gasteiger partial charge < -0.3 is 19.5 Å². The zero-order chi connectivity index (χ0) is 17.5. The predicted molar refractivity (Wildman–Crippen MR) is 97.1 cm³/mol. The maximum atomic E-state index is 12.2.